The van der Waals surface area contributed by atoms with Gasteiger partial charge >= 0.3 is 0 Å². The number of hydrogen-bond donors (Lipinski definition) is 0. The lowest BCUT2D eigenvalue weighted by atomic mass is 10.4. The molecule has 2 heteroatoms. The number of likely N-dealkylation sites (N-methyl/N-ethyl adjacent to an activating group) is 1. The molecule has 0 aromatic heterocycles. The minimum atomic E-state index is 0.731. The molecule has 0 aliphatic heterocycles. The summed E-state index contributed by atoms with van der Waals surface area (Å²) in [6.45, 7) is 7.67. The average Bonchev–Trinajstić information content (AvgIpc) is 2.03. The highest BCUT2D eigenvalue weighted by molar-refractivity contribution is 5.65. The molecule has 64 valence electrons. The first-order valence-electron chi connectivity index (χ1n) is 3.66. The number of carbonyl (C=O) groups excluding carboxylic acids is 1. The third kappa shape index (κ3) is 8.95. The molecule has 0 fully saturated rings. The van der Waals surface area contributed by atoms with Crippen molar-refractivity contribution in [1.29, 1.82) is 0 Å². The molecule has 0 saturated carbocycles. The van der Waals surface area contributed by atoms with E-state index in [1.54, 1.807) is 6.08 Å². The molecule has 0 atom stereocenters. The average molecular weight is 155 g/mol. The SMILES string of the molecule is C=C(/C=C\C=O)N(C)C.CC. The summed E-state index contributed by atoms with van der Waals surface area (Å²) in [5, 5.41) is 0. The first kappa shape index (κ1) is 12.6. The zero-order chi connectivity index (χ0) is 9.28. The molecular formula is C9H17NO. The van der Waals surface area contributed by atoms with Gasteiger partial charge < -0.3 is 4.90 Å². The lowest BCUT2D eigenvalue weighted by Gasteiger charge is -2.10. The maximum absolute atomic E-state index is 9.79. The summed E-state index contributed by atoms with van der Waals surface area (Å²) >= 11 is 0. The molecule has 0 aromatic rings. The molecule has 2 nitrogen and oxygen atoms in total. The fraction of sp³-hybridized carbons (Fsp3) is 0.444. The number of allylic oxidation sites excluding steroid dienone is 2. The molecule has 0 heterocycles. The number of nitrogens with zero attached hydrogens (tertiary/aromatic N) is 1. The van der Waals surface area contributed by atoms with E-state index < -0.39 is 0 Å². The Hall–Kier alpha value is -1.05. The smallest absolute Gasteiger partial charge is 0.142 e. The molecule has 0 spiro atoms. The van der Waals surface area contributed by atoms with E-state index in [0.717, 1.165) is 12.0 Å². The normalized spacial score (nSPS) is 8.36. The van der Waals surface area contributed by atoms with Crippen molar-refractivity contribution in [2.75, 3.05) is 14.1 Å². The van der Waals surface area contributed by atoms with Gasteiger partial charge in [0.05, 0.1) is 0 Å². The maximum Gasteiger partial charge on any atom is 0.142 e. The molecule has 11 heavy (non-hydrogen) atoms. The third-order valence-electron chi connectivity index (χ3n) is 0.942. The van der Waals surface area contributed by atoms with E-state index in [1.165, 1.54) is 6.08 Å². The molecule has 0 saturated heterocycles. The van der Waals surface area contributed by atoms with Crippen LogP contribution in [0.25, 0.3) is 0 Å². The second-order valence-electron chi connectivity index (χ2n) is 1.88. The van der Waals surface area contributed by atoms with E-state index in [0.29, 0.717) is 0 Å². The van der Waals surface area contributed by atoms with Gasteiger partial charge in [0.1, 0.15) is 6.29 Å². The van der Waals surface area contributed by atoms with Crippen LogP contribution in [-0.2, 0) is 4.79 Å². The Morgan fingerprint density at radius 3 is 2.09 bits per heavy atom. The Morgan fingerprint density at radius 1 is 1.36 bits per heavy atom. The standard InChI is InChI=1S/C7H11NO.C2H6/c1-7(8(2)3)5-4-6-9;1-2/h4-6H,1H2,2-3H3;1-2H3/b5-4-;. The van der Waals surface area contributed by atoms with Crippen molar-refractivity contribution >= 4 is 6.29 Å². The minimum Gasteiger partial charge on any atom is -0.378 e. The van der Waals surface area contributed by atoms with Crippen LogP contribution in [0.2, 0.25) is 0 Å². The first-order chi connectivity index (χ1) is 5.18. The fourth-order valence-corrected chi connectivity index (χ4v) is 0.299. The highest BCUT2D eigenvalue weighted by Crippen LogP contribution is 1.93. The van der Waals surface area contributed by atoms with E-state index in [9.17, 15) is 4.79 Å². The predicted octanol–water partition coefficient (Wildman–Crippen LogP) is 1.84. The van der Waals surface area contributed by atoms with Gasteiger partial charge in [-0.1, -0.05) is 20.4 Å². The summed E-state index contributed by atoms with van der Waals surface area (Å²) in [7, 11) is 3.74. The van der Waals surface area contributed by atoms with Crippen LogP contribution < -0.4 is 0 Å². The number of rotatable bonds is 3. The van der Waals surface area contributed by atoms with Crippen molar-refractivity contribution in [2.24, 2.45) is 0 Å². The van der Waals surface area contributed by atoms with Gasteiger partial charge in [0.25, 0.3) is 0 Å². The fourth-order valence-electron chi connectivity index (χ4n) is 0.299. The van der Waals surface area contributed by atoms with Gasteiger partial charge in [0, 0.05) is 19.8 Å². The van der Waals surface area contributed by atoms with E-state index in [2.05, 4.69) is 6.58 Å². The summed E-state index contributed by atoms with van der Waals surface area (Å²) in [6, 6.07) is 0. The molecule has 0 aliphatic rings. The number of hydrogen-bond acceptors (Lipinski definition) is 2. The Bertz CT molecular complexity index is 136. The van der Waals surface area contributed by atoms with Crippen LogP contribution in [0.5, 0.6) is 0 Å². The molecule has 0 aliphatic carbocycles. The van der Waals surface area contributed by atoms with Gasteiger partial charge in [-0.05, 0) is 12.2 Å². The zero-order valence-electron chi connectivity index (χ0n) is 7.79. The van der Waals surface area contributed by atoms with E-state index in [-0.39, 0.29) is 0 Å². The van der Waals surface area contributed by atoms with Crippen LogP contribution in [0, 0.1) is 0 Å². The molecule has 0 radical (unpaired) electrons. The Labute approximate surface area is 69.2 Å². The molecule has 0 bridgehead atoms. The molecule has 0 unspecified atom stereocenters. The summed E-state index contributed by atoms with van der Waals surface area (Å²) in [5.41, 5.74) is 0.821. The van der Waals surface area contributed by atoms with E-state index >= 15 is 0 Å². The second kappa shape index (κ2) is 8.95. The lowest BCUT2D eigenvalue weighted by molar-refractivity contribution is -0.104. The van der Waals surface area contributed by atoms with Crippen molar-refractivity contribution in [3.63, 3.8) is 0 Å². The molecule has 0 N–H and O–H groups in total. The van der Waals surface area contributed by atoms with Gasteiger partial charge in [0.15, 0.2) is 0 Å². The quantitative estimate of drug-likeness (QED) is 0.352. The Kier molecular flexibility index (Phi) is 10.3. The monoisotopic (exact) mass is 155 g/mol. The summed E-state index contributed by atoms with van der Waals surface area (Å²) in [5.74, 6) is 0. The van der Waals surface area contributed by atoms with Crippen LogP contribution in [0.15, 0.2) is 24.4 Å². The zero-order valence-corrected chi connectivity index (χ0v) is 7.79. The topological polar surface area (TPSA) is 20.3 Å². The summed E-state index contributed by atoms with van der Waals surface area (Å²) in [4.78, 5) is 11.6. The van der Waals surface area contributed by atoms with Crippen LogP contribution in [0.4, 0.5) is 0 Å². The largest absolute Gasteiger partial charge is 0.378 e. The molecule has 0 aromatic carbocycles. The lowest BCUT2D eigenvalue weighted by Crippen LogP contribution is -2.07. The molecule has 0 rings (SSSR count). The highest BCUT2D eigenvalue weighted by Gasteiger charge is 1.85. The van der Waals surface area contributed by atoms with Gasteiger partial charge in [-0.3, -0.25) is 4.79 Å². The minimum absolute atomic E-state index is 0.731. The van der Waals surface area contributed by atoms with E-state index in [4.69, 9.17) is 0 Å². The predicted molar refractivity (Wildman–Crippen MR) is 49.4 cm³/mol. The van der Waals surface area contributed by atoms with Crippen molar-refractivity contribution in [2.45, 2.75) is 13.8 Å². The van der Waals surface area contributed by atoms with Crippen molar-refractivity contribution in [1.82, 2.24) is 4.90 Å². The Morgan fingerprint density at radius 2 is 1.82 bits per heavy atom. The number of aldehydes is 1. The second-order valence-corrected chi connectivity index (χ2v) is 1.88. The van der Waals surface area contributed by atoms with Gasteiger partial charge in [-0.2, -0.15) is 0 Å². The summed E-state index contributed by atoms with van der Waals surface area (Å²) in [6.07, 6.45) is 3.81. The molecule has 0 amide bonds. The van der Waals surface area contributed by atoms with E-state index in [1.807, 2.05) is 32.8 Å². The van der Waals surface area contributed by atoms with Crippen molar-refractivity contribution in [3.8, 4) is 0 Å². The van der Waals surface area contributed by atoms with Crippen LogP contribution in [0.3, 0.4) is 0 Å². The maximum atomic E-state index is 9.79. The van der Waals surface area contributed by atoms with Crippen LogP contribution >= 0.6 is 0 Å². The van der Waals surface area contributed by atoms with Crippen LogP contribution in [0.1, 0.15) is 13.8 Å². The first-order valence-corrected chi connectivity index (χ1v) is 3.66. The van der Waals surface area contributed by atoms with Crippen molar-refractivity contribution < 1.29 is 4.79 Å². The van der Waals surface area contributed by atoms with Gasteiger partial charge in [0.2, 0.25) is 0 Å². The van der Waals surface area contributed by atoms with Crippen molar-refractivity contribution in [3.05, 3.63) is 24.4 Å². The molecular weight excluding hydrogens is 138 g/mol. The summed E-state index contributed by atoms with van der Waals surface area (Å²) < 4.78 is 0. The van der Waals surface area contributed by atoms with Crippen LogP contribution in [-0.4, -0.2) is 25.3 Å². The van der Waals surface area contributed by atoms with Gasteiger partial charge in [-0.15, -0.1) is 0 Å². The number of carbonyl (C=O) groups is 1. The highest BCUT2D eigenvalue weighted by atomic mass is 16.1. The van der Waals surface area contributed by atoms with Gasteiger partial charge in [-0.25, -0.2) is 0 Å². The Balaban J connectivity index is 0. The third-order valence-corrected chi connectivity index (χ3v) is 0.942.